The van der Waals surface area contributed by atoms with Crippen LogP contribution in [-0.4, -0.2) is 16.0 Å². The molecule has 0 aliphatic heterocycles. The third-order valence-corrected chi connectivity index (χ3v) is 3.42. The molecule has 0 aliphatic rings. The van der Waals surface area contributed by atoms with E-state index in [1.165, 1.54) is 6.33 Å². The van der Waals surface area contributed by atoms with Crippen molar-refractivity contribution in [3.63, 3.8) is 0 Å². The number of halogens is 2. The zero-order chi connectivity index (χ0) is 14.5. The second-order valence-corrected chi connectivity index (χ2v) is 5.33. The molecule has 1 aromatic heterocycles. The Kier molecular flexibility index (Phi) is 5.04. The summed E-state index contributed by atoms with van der Waals surface area (Å²) in [6.07, 6.45) is 2.53. The van der Waals surface area contributed by atoms with Crippen LogP contribution < -0.4 is 10.6 Å². The largest absolute Gasteiger partial charge is 0.367 e. The van der Waals surface area contributed by atoms with Crippen LogP contribution in [-0.2, 0) is 0 Å². The molecule has 0 spiro atoms. The SMILES string of the molecule is CCC(C)Nc1cc(Nc2ccc(Cl)cc2Cl)ncn1. The first-order valence-corrected chi connectivity index (χ1v) is 7.14. The van der Waals surface area contributed by atoms with Gasteiger partial charge in [-0.1, -0.05) is 30.1 Å². The molecule has 2 rings (SSSR count). The number of rotatable bonds is 5. The molecule has 20 heavy (non-hydrogen) atoms. The Morgan fingerprint density at radius 3 is 2.60 bits per heavy atom. The number of hydrogen-bond acceptors (Lipinski definition) is 4. The van der Waals surface area contributed by atoms with E-state index < -0.39 is 0 Å². The van der Waals surface area contributed by atoms with Crippen LogP contribution in [0.1, 0.15) is 20.3 Å². The predicted molar refractivity (Wildman–Crippen MR) is 85.2 cm³/mol. The minimum Gasteiger partial charge on any atom is -0.367 e. The quantitative estimate of drug-likeness (QED) is 0.837. The molecule has 1 aromatic carbocycles. The molecule has 0 fully saturated rings. The standard InChI is InChI=1S/C14H16Cl2N4/c1-3-9(2)19-13-7-14(18-8-17-13)20-12-5-4-10(15)6-11(12)16/h4-9H,3H2,1-2H3,(H2,17,18,19,20). The number of aromatic nitrogens is 2. The summed E-state index contributed by atoms with van der Waals surface area (Å²) in [7, 11) is 0. The van der Waals surface area contributed by atoms with E-state index >= 15 is 0 Å². The fourth-order valence-electron chi connectivity index (χ4n) is 1.59. The van der Waals surface area contributed by atoms with E-state index in [9.17, 15) is 0 Å². The zero-order valence-corrected chi connectivity index (χ0v) is 12.8. The van der Waals surface area contributed by atoms with Crippen molar-refractivity contribution in [2.24, 2.45) is 0 Å². The Bertz CT molecular complexity index is 589. The first-order chi connectivity index (χ1) is 9.58. The molecule has 0 bridgehead atoms. The molecular formula is C14H16Cl2N4. The van der Waals surface area contributed by atoms with E-state index in [0.29, 0.717) is 21.9 Å². The normalized spacial score (nSPS) is 12.0. The van der Waals surface area contributed by atoms with Crippen molar-refractivity contribution >= 4 is 40.5 Å². The van der Waals surface area contributed by atoms with Gasteiger partial charge in [-0.25, -0.2) is 9.97 Å². The second kappa shape index (κ2) is 6.77. The van der Waals surface area contributed by atoms with Crippen LogP contribution in [0.4, 0.5) is 17.3 Å². The van der Waals surface area contributed by atoms with Gasteiger partial charge < -0.3 is 10.6 Å². The monoisotopic (exact) mass is 310 g/mol. The number of anilines is 3. The Labute approximate surface area is 128 Å². The van der Waals surface area contributed by atoms with Crippen molar-refractivity contribution in [2.75, 3.05) is 10.6 Å². The Hall–Kier alpha value is -1.52. The molecule has 1 atom stereocenters. The first-order valence-electron chi connectivity index (χ1n) is 6.39. The summed E-state index contributed by atoms with van der Waals surface area (Å²) in [6, 6.07) is 7.48. The number of hydrogen-bond donors (Lipinski definition) is 2. The maximum absolute atomic E-state index is 6.12. The van der Waals surface area contributed by atoms with Gasteiger partial charge in [-0.15, -0.1) is 0 Å². The lowest BCUT2D eigenvalue weighted by Crippen LogP contribution is -2.14. The van der Waals surface area contributed by atoms with Gasteiger partial charge in [0.05, 0.1) is 10.7 Å². The molecule has 0 saturated carbocycles. The Balaban J connectivity index is 2.15. The smallest absolute Gasteiger partial charge is 0.135 e. The fraction of sp³-hybridized carbons (Fsp3) is 0.286. The van der Waals surface area contributed by atoms with Crippen molar-refractivity contribution in [1.29, 1.82) is 0 Å². The number of benzene rings is 1. The average Bonchev–Trinajstić information content (AvgIpc) is 2.42. The van der Waals surface area contributed by atoms with Crippen molar-refractivity contribution in [3.05, 3.63) is 40.6 Å². The summed E-state index contributed by atoms with van der Waals surface area (Å²) in [5.41, 5.74) is 0.754. The summed E-state index contributed by atoms with van der Waals surface area (Å²) in [6.45, 7) is 4.22. The van der Waals surface area contributed by atoms with Gasteiger partial charge >= 0.3 is 0 Å². The summed E-state index contributed by atoms with van der Waals surface area (Å²) in [5.74, 6) is 1.46. The van der Waals surface area contributed by atoms with Gasteiger partial charge in [0.25, 0.3) is 0 Å². The lowest BCUT2D eigenvalue weighted by atomic mass is 10.2. The average molecular weight is 311 g/mol. The lowest BCUT2D eigenvalue weighted by molar-refractivity contribution is 0.758. The van der Waals surface area contributed by atoms with E-state index in [2.05, 4.69) is 34.4 Å². The van der Waals surface area contributed by atoms with E-state index in [1.54, 1.807) is 12.1 Å². The van der Waals surface area contributed by atoms with E-state index in [1.807, 2.05) is 12.1 Å². The predicted octanol–water partition coefficient (Wildman–Crippen LogP) is 4.74. The summed E-state index contributed by atoms with van der Waals surface area (Å²) >= 11 is 12.0. The number of nitrogens with zero attached hydrogens (tertiary/aromatic N) is 2. The van der Waals surface area contributed by atoms with E-state index in [4.69, 9.17) is 23.2 Å². The summed E-state index contributed by atoms with van der Waals surface area (Å²) < 4.78 is 0. The van der Waals surface area contributed by atoms with Gasteiger partial charge in [-0.3, -0.25) is 0 Å². The van der Waals surface area contributed by atoms with Crippen LogP contribution >= 0.6 is 23.2 Å². The van der Waals surface area contributed by atoms with Crippen molar-refractivity contribution in [2.45, 2.75) is 26.3 Å². The molecule has 4 nitrogen and oxygen atoms in total. The minimum absolute atomic E-state index is 0.358. The van der Waals surface area contributed by atoms with Crippen LogP contribution in [0.15, 0.2) is 30.6 Å². The van der Waals surface area contributed by atoms with Crippen LogP contribution in [0, 0.1) is 0 Å². The zero-order valence-electron chi connectivity index (χ0n) is 11.3. The molecule has 106 valence electrons. The maximum Gasteiger partial charge on any atom is 0.135 e. The molecule has 1 heterocycles. The first kappa shape index (κ1) is 14.9. The fourth-order valence-corrected chi connectivity index (χ4v) is 2.04. The van der Waals surface area contributed by atoms with Crippen molar-refractivity contribution in [1.82, 2.24) is 9.97 Å². The highest BCUT2D eigenvalue weighted by Gasteiger charge is 2.05. The van der Waals surface area contributed by atoms with Gasteiger partial charge in [-0.2, -0.15) is 0 Å². The van der Waals surface area contributed by atoms with Gasteiger partial charge in [0.2, 0.25) is 0 Å². The van der Waals surface area contributed by atoms with E-state index in [0.717, 1.165) is 17.9 Å². The second-order valence-electron chi connectivity index (χ2n) is 4.49. The van der Waals surface area contributed by atoms with Gasteiger partial charge in [0.1, 0.15) is 18.0 Å². The highest BCUT2D eigenvalue weighted by molar-refractivity contribution is 6.36. The molecule has 6 heteroatoms. The van der Waals surface area contributed by atoms with Crippen LogP contribution in [0.2, 0.25) is 10.0 Å². The topological polar surface area (TPSA) is 49.8 Å². The van der Waals surface area contributed by atoms with Gasteiger partial charge in [0.15, 0.2) is 0 Å². The molecule has 0 amide bonds. The highest BCUT2D eigenvalue weighted by atomic mass is 35.5. The molecule has 0 saturated heterocycles. The molecule has 0 aliphatic carbocycles. The molecular weight excluding hydrogens is 295 g/mol. The van der Waals surface area contributed by atoms with Crippen LogP contribution in [0.5, 0.6) is 0 Å². The third kappa shape index (κ3) is 3.99. The minimum atomic E-state index is 0.358. The Morgan fingerprint density at radius 2 is 1.90 bits per heavy atom. The summed E-state index contributed by atoms with van der Waals surface area (Å²) in [4.78, 5) is 8.37. The number of nitrogens with one attached hydrogen (secondary N) is 2. The van der Waals surface area contributed by atoms with Gasteiger partial charge in [-0.05, 0) is 31.5 Å². The van der Waals surface area contributed by atoms with Gasteiger partial charge in [0, 0.05) is 17.1 Å². The van der Waals surface area contributed by atoms with Crippen LogP contribution in [0.3, 0.4) is 0 Å². The summed E-state index contributed by atoms with van der Waals surface area (Å²) in [5, 5.41) is 7.59. The maximum atomic E-state index is 6.12. The van der Waals surface area contributed by atoms with Crippen LogP contribution in [0.25, 0.3) is 0 Å². The molecule has 2 N–H and O–H groups in total. The molecule has 0 radical (unpaired) electrons. The molecule has 2 aromatic rings. The third-order valence-electron chi connectivity index (χ3n) is 2.87. The lowest BCUT2D eigenvalue weighted by Gasteiger charge is -2.13. The Morgan fingerprint density at radius 1 is 1.15 bits per heavy atom. The van der Waals surface area contributed by atoms with Crippen molar-refractivity contribution < 1.29 is 0 Å². The molecule has 1 unspecified atom stereocenters. The highest BCUT2D eigenvalue weighted by Crippen LogP contribution is 2.27. The van der Waals surface area contributed by atoms with E-state index in [-0.39, 0.29) is 0 Å². The van der Waals surface area contributed by atoms with Crippen molar-refractivity contribution in [3.8, 4) is 0 Å².